The van der Waals surface area contributed by atoms with Gasteiger partial charge in [0.25, 0.3) is 0 Å². The number of methoxy groups -OCH3 is 1. The number of thiazole rings is 1. The standard InChI is InChI=1S/C14H15N3O2S.ClH/c1-19-13(18)10-2-3-12-9(6-10)4-5-17(12)8-11-7-16-14(15)20-11;/h2-3,6-7H,4-5,8H2,1H3,(H2,15,16);1H. The van der Waals surface area contributed by atoms with Crippen LogP contribution in [0.2, 0.25) is 0 Å². The number of nitrogens with two attached hydrogens (primary N) is 1. The number of anilines is 2. The average Bonchev–Trinajstić information content (AvgIpc) is 3.05. The van der Waals surface area contributed by atoms with Gasteiger partial charge in [-0.15, -0.1) is 23.7 Å². The first-order valence-corrected chi connectivity index (χ1v) is 7.15. The van der Waals surface area contributed by atoms with E-state index in [1.54, 1.807) is 0 Å². The molecule has 5 nitrogen and oxygen atoms in total. The average molecular weight is 326 g/mol. The Bertz CT molecular complexity index is 659. The topological polar surface area (TPSA) is 68.5 Å². The van der Waals surface area contributed by atoms with E-state index in [9.17, 15) is 4.79 Å². The minimum atomic E-state index is -0.290. The molecule has 0 amide bonds. The highest BCUT2D eigenvalue weighted by Crippen LogP contribution is 2.31. The predicted molar refractivity (Wildman–Crippen MR) is 86.3 cm³/mol. The van der Waals surface area contributed by atoms with Gasteiger partial charge >= 0.3 is 5.97 Å². The first kappa shape index (κ1) is 15.6. The molecular formula is C14H16ClN3O2S. The van der Waals surface area contributed by atoms with E-state index < -0.39 is 0 Å². The van der Waals surface area contributed by atoms with Gasteiger partial charge in [0, 0.05) is 23.3 Å². The quantitative estimate of drug-likeness (QED) is 0.878. The second-order valence-electron chi connectivity index (χ2n) is 4.67. The minimum absolute atomic E-state index is 0. The lowest BCUT2D eigenvalue weighted by Crippen LogP contribution is -2.18. The van der Waals surface area contributed by atoms with E-state index in [1.807, 2.05) is 24.4 Å². The molecule has 0 fully saturated rings. The molecule has 0 unspecified atom stereocenters. The summed E-state index contributed by atoms with van der Waals surface area (Å²) in [7, 11) is 1.40. The Hall–Kier alpha value is -1.79. The van der Waals surface area contributed by atoms with Crippen LogP contribution in [0.4, 0.5) is 10.8 Å². The molecule has 1 aromatic heterocycles. The van der Waals surface area contributed by atoms with E-state index in [0.29, 0.717) is 10.7 Å². The summed E-state index contributed by atoms with van der Waals surface area (Å²) in [6.45, 7) is 1.75. The maximum atomic E-state index is 11.5. The van der Waals surface area contributed by atoms with Gasteiger partial charge in [0.15, 0.2) is 5.13 Å². The Morgan fingerprint density at radius 2 is 2.33 bits per heavy atom. The highest BCUT2D eigenvalue weighted by Gasteiger charge is 2.21. The number of fused-ring (bicyclic) bond motifs is 1. The van der Waals surface area contributed by atoms with Crippen molar-refractivity contribution in [1.82, 2.24) is 4.98 Å². The molecule has 2 aromatic rings. The van der Waals surface area contributed by atoms with Crippen LogP contribution in [0, 0.1) is 0 Å². The number of esters is 1. The van der Waals surface area contributed by atoms with E-state index in [2.05, 4.69) is 9.88 Å². The highest BCUT2D eigenvalue weighted by molar-refractivity contribution is 7.15. The molecule has 1 aliphatic rings. The largest absolute Gasteiger partial charge is 0.465 e. The number of carbonyl (C=O) groups is 1. The third-order valence-electron chi connectivity index (χ3n) is 3.41. The number of nitrogen functional groups attached to an aromatic ring is 1. The minimum Gasteiger partial charge on any atom is -0.465 e. The van der Waals surface area contributed by atoms with Crippen molar-refractivity contribution in [3.05, 3.63) is 40.4 Å². The number of benzene rings is 1. The van der Waals surface area contributed by atoms with Crippen LogP contribution in [0.15, 0.2) is 24.4 Å². The molecule has 21 heavy (non-hydrogen) atoms. The molecule has 0 radical (unpaired) electrons. The van der Waals surface area contributed by atoms with Gasteiger partial charge in [-0.2, -0.15) is 0 Å². The second-order valence-corrected chi connectivity index (χ2v) is 5.82. The fraction of sp³-hybridized carbons (Fsp3) is 0.286. The van der Waals surface area contributed by atoms with E-state index in [4.69, 9.17) is 10.5 Å². The molecule has 2 heterocycles. The monoisotopic (exact) mass is 325 g/mol. The fourth-order valence-electron chi connectivity index (χ4n) is 2.46. The first-order chi connectivity index (χ1) is 9.67. The Labute approximate surface area is 133 Å². The third-order valence-corrected chi connectivity index (χ3v) is 4.22. The van der Waals surface area contributed by atoms with Crippen molar-refractivity contribution >= 4 is 40.5 Å². The SMILES string of the molecule is COC(=O)c1ccc2c(c1)CCN2Cc1cnc(N)s1.Cl. The van der Waals surface area contributed by atoms with Crippen LogP contribution >= 0.6 is 23.7 Å². The second kappa shape index (κ2) is 6.32. The van der Waals surface area contributed by atoms with Crippen LogP contribution < -0.4 is 10.6 Å². The molecule has 1 aliphatic heterocycles. The van der Waals surface area contributed by atoms with Crippen LogP contribution in [0.1, 0.15) is 20.8 Å². The fourth-order valence-corrected chi connectivity index (χ4v) is 3.16. The van der Waals surface area contributed by atoms with Gasteiger partial charge in [-0.25, -0.2) is 9.78 Å². The normalized spacial score (nSPS) is 12.7. The van der Waals surface area contributed by atoms with Crippen molar-refractivity contribution in [2.75, 3.05) is 24.3 Å². The van der Waals surface area contributed by atoms with Crippen LogP contribution in [0.5, 0.6) is 0 Å². The number of hydrogen-bond donors (Lipinski definition) is 1. The van der Waals surface area contributed by atoms with Crippen LogP contribution in [-0.4, -0.2) is 24.6 Å². The van der Waals surface area contributed by atoms with Crippen molar-refractivity contribution < 1.29 is 9.53 Å². The van der Waals surface area contributed by atoms with Crippen molar-refractivity contribution in [2.45, 2.75) is 13.0 Å². The smallest absolute Gasteiger partial charge is 0.337 e. The Kier molecular flexibility index (Phi) is 4.69. The van der Waals surface area contributed by atoms with Gasteiger partial charge in [-0.1, -0.05) is 0 Å². The lowest BCUT2D eigenvalue weighted by atomic mass is 10.1. The Morgan fingerprint density at radius 3 is 3.00 bits per heavy atom. The molecule has 0 bridgehead atoms. The van der Waals surface area contributed by atoms with Gasteiger partial charge in [-0.05, 0) is 30.2 Å². The van der Waals surface area contributed by atoms with Gasteiger partial charge in [0.1, 0.15) is 0 Å². The summed E-state index contributed by atoms with van der Waals surface area (Å²) in [6, 6.07) is 5.71. The number of hydrogen-bond acceptors (Lipinski definition) is 6. The Morgan fingerprint density at radius 1 is 1.52 bits per heavy atom. The molecule has 112 valence electrons. The predicted octanol–water partition coefficient (Wildman–Crippen LogP) is 2.50. The number of nitrogens with zero attached hydrogens (tertiary/aromatic N) is 2. The summed E-state index contributed by atoms with van der Waals surface area (Å²) >= 11 is 1.51. The van der Waals surface area contributed by atoms with Crippen LogP contribution in [0.25, 0.3) is 0 Å². The van der Waals surface area contributed by atoms with Crippen molar-refractivity contribution in [3.63, 3.8) is 0 Å². The molecule has 3 rings (SSSR count). The molecule has 2 N–H and O–H groups in total. The highest BCUT2D eigenvalue weighted by atomic mass is 35.5. The number of carbonyl (C=O) groups excluding carboxylic acids is 1. The summed E-state index contributed by atoms with van der Waals surface area (Å²) in [5, 5.41) is 0.598. The summed E-state index contributed by atoms with van der Waals surface area (Å²) in [5.74, 6) is -0.290. The van der Waals surface area contributed by atoms with Gasteiger partial charge in [-0.3, -0.25) is 0 Å². The van der Waals surface area contributed by atoms with Crippen LogP contribution in [0.3, 0.4) is 0 Å². The zero-order chi connectivity index (χ0) is 14.1. The maximum Gasteiger partial charge on any atom is 0.337 e. The van der Waals surface area contributed by atoms with Gasteiger partial charge in [0.2, 0.25) is 0 Å². The molecule has 7 heteroatoms. The van der Waals surface area contributed by atoms with Gasteiger partial charge in [0.05, 0.1) is 19.2 Å². The molecule has 0 spiro atoms. The van der Waals surface area contributed by atoms with Crippen molar-refractivity contribution in [1.29, 1.82) is 0 Å². The lowest BCUT2D eigenvalue weighted by molar-refractivity contribution is 0.0600. The number of aromatic nitrogens is 1. The van der Waals surface area contributed by atoms with E-state index in [1.165, 1.54) is 29.7 Å². The lowest BCUT2D eigenvalue weighted by Gasteiger charge is -2.18. The molecular weight excluding hydrogens is 310 g/mol. The maximum absolute atomic E-state index is 11.5. The third kappa shape index (κ3) is 3.11. The van der Waals surface area contributed by atoms with Crippen molar-refractivity contribution in [3.8, 4) is 0 Å². The van der Waals surface area contributed by atoms with Gasteiger partial charge < -0.3 is 15.4 Å². The summed E-state index contributed by atoms with van der Waals surface area (Å²) < 4.78 is 4.75. The number of halogens is 1. The number of ether oxygens (including phenoxy) is 1. The van der Waals surface area contributed by atoms with E-state index >= 15 is 0 Å². The molecule has 0 saturated carbocycles. The zero-order valence-electron chi connectivity index (χ0n) is 11.5. The van der Waals surface area contributed by atoms with Crippen LogP contribution in [-0.2, 0) is 17.7 Å². The molecule has 0 saturated heterocycles. The van der Waals surface area contributed by atoms with E-state index in [0.717, 1.165) is 24.4 Å². The van der Waals surface area contributed by atoms with Crippen molar-refractivity contribution in [2.24, 2.45) is 0 Å². The summed E-state index contributed by atoms with van der Waals surface area (Å²) in [5.41, 5.74) is 8.62. The molecule has 1 aromatic carbocycles. The first-order valence-electron chi connectivity index (χ1n) is 6.34. The molecule has 0 atom stereocenters. The Balaban J connectivity index is 0.00000161. The summed E-state index contributed by atoms with van der Waals surface area (Å²) in [4.78, 5) is 19.0. The summed E-state index contributed by atoms with van der Waals surface area (Å²) in [6.07, 6.45) is 2.76. The number of rotatable bonds is 3. The van der Waals surface area contributed by atoms with E-state index in [-0.39, 0.29) is 18.4 Å². The zero-order valence-corrected chi connectivity index (χ0v) is 13.2. The molecule has 0 aliphatic carbocycles.